The van der Waals surface area contributed by atoms with Gasteiger partial charge in [0.05, 0.1) is 5.69 Å². The SMILES string of the molecule is CC1(C)c2cc(N(c3ccc(C4CC5CCC4C5)cc3)c3cccc4cccc(C5CCCCC5)c34)ccc2-c2cccc(-c3cccc4ccccc34)c21. The molecular formula is C54H51N. The van der Waals surface area contributed by atoms with Gasteiger partial charge < -0.3 is 4.90 Å². The topological polar surface area (TPSA) is 3.24 Å². The van der Waals surface area contributed by atoms with Crippen LogP contribution in [0.4, 0.5) is 17.1 Å². The Labute approximate surface area is 327 Å². The van der Waals surface area contributed by atoms with Gasteiger partial charge in [0.2, 0.25) is 0 Å². The molecule has 272 valence electrons. The van der Waals surface area contributed by atoms with Gasteiger partial charge in [-0.3, -0.25) is 0 Å². The van der Waals surface area contributed by atoms with Crippen molar-refractivity contribution < 1.29 is 0 Å². The summed E-state index contributed by atoms with van der Waals surface area (Å²) < 4.78 is 0. The second-order valence-corrected chi connectivity index (χ2v) is 17.9. The predicted octanol–water partition coefficient (Wildman–Crippen LogP) is 15.4. The average molecular weight is 714 g/mol. The van der Waals surface area contributed by atoms with E-state index in [4.69, 9.17) is 0 Å². The lowest BCUT2D eigenvalue weighted by molar-refractivity contribution is 0.420. The molecule has 3 fully saturated rings. The Kier molecular flexibility index (Phi) is 7.84. The number of rotatable bonds is 6. The third-order valence-corrected chi connectivity index (χ3v) is 14.5. The lowest BCUT2D eigenvalue weighted by Crippen LogP contribution is -2.18. The number of fused-ring (bicyclic) bond motifs is 7. The quantitative estimate of drug-likeness (QED) is 0.166. The molecule has 2 bridgehead atoms. The van der Waals surface area contributed by atoms with Crippen LogP contribution in [-0.2, 0) is 5.41 Å². The van der Waals surface area contributed by atoms with Crippen molar-refractivity contribution >= 4 is 38.6 Å². The molecule has 1 heteroatoms. The van der Waals surface area contributed by atoms with Gasteiger partial charge in [0, 0.05) is 22.2 Å². The molecule has 55 heavy (non-hydrogen) atoms. The smallest absolute Gasteiger partial charge is 0.0542 e. The summed E-state index contributed by atoms with van der Waals surface area (Å²) in [5.74, 6) is 3.16. The van der Waals surface area contributed by atoms with E-state index in [0.717, 1.165) is 17.8 Å². The van der Waals surface area contributed by atoms with Gasteiger partial charge in [0.15, 0.2) is 0 Å². The molecular weight excluding hydrogens is 663 g/mol. The zero-order valence-electron chi connectivity index (χ0n) is 32.4. The second kappa shape index (κ2) is 13.0. The molecule has 3 unspecified atom stereocenters. The lowest BCUT2D eigenvalue weighted by Gasteiger charge is -2.31. The van der Waals surface area contributed by atoms with Crippen molar-refractivity contribution in [1.29, 1.82) is 0 Å². The molecule has 11 rings (SSSR count). The minimum absolute atomic E-state index is 0.183. The van der Waals surface area contributed by atoms with Gasteiger partial charge in [-0.1, -0.05) is 149 Å². The standard InChI is InChI=1S/C54H51N/c1-54(2)50-34-42(30-31-46(50)48-22-11-21-47(53(48)54)45-20-8-15-36-14-6-7-18-43(36)45)55(41-28-26-38(27-29-41)49-33-35-24-25-40(49)32-35)51-23-10-17-39-16-9-19-44(52(39)51)37-12-4-3-5-13-37/h6-11,14-23,26-31,34-35,37,40,49H,3-5,12-13,24-25,32-33H2,1-2H3. The first-order valence-electron chi connectivity index (χ1n) is 21.2. The van der Waals surface area contributed by atoms with E-state index in [0.29, 0.717) is 5.92 Å². The van der Waals surface area contributed by atoms with Crippen LogP contribution in [0.1, 0.15) is 106 Å². The number of nitrogens with zero attached hydrogens (tertiary/aromatic N) is 1. The lowest BCUT2D eigenvalue weighted by atomic mass is 9.78. The Balaban J connectivity index is 1.08. The number of anilines is 3. The molecule has 3 atom stereocenters. The third kappa shape index (κ3) is 5.33. The van der Waals surface area contributed by atoms with Crippen LogP contribution in [-0.4, -0.2) is 0 Å². The van der Waals surface area contributed by atoms with E-state index in [1.807, 2.05) is 0 Å². The van der Waals surface area contributed by atoms with Crippen LogP contribution >= 0.6 is 0 Å². The summed E-state index contributed by atoms with van der Waals surface area (Å²) in [5.41, 5.74) is 14.9. The molecule has 0 heterocycles. The van der Waals surface area contributed by atoms with Crippen molar-refractivity contribution in [2.45, 2.75) is 88.9 Å². The molecule has 1 nitrogen and oxygen atoms in total. The molecule has 0 aromatic heterocycles. The largest absolute Gasteiger partial charge is 0.310 e. The van der Waals surface area contributed by atoms with Gasteiger partial charge in [-0.25, -0.2) is 0 Å². The first-order valence-corrected chi connectivity index (χ1v) is 21.2. The summed E-state index contributed by atoms with van der Waals surface area (Å²) in [4.78, 5) is 2.60. The summed E-state index contributed by atoms with van der Waals surface area (Å²) >= 11 is 0. The minimum Gasteiger partial charge on any atom is -0.310 e. The molecule has 0 radical (unpaired) electrons. The number of hydrogen-bond donors (Lipinski definition) is 0. The van der Waals surface area contributed by atoms with Crippen LogP contribution in [0.2, 0.25) is 0 Å². The summed E-state index contributed by atoms with van der Waals surface area (Å²) in [5, 5.41) is 5.38. The Hall–Kier alpha value is -5.14. The van der Waals surface area contributed by atoms with E-state index in [1.165, 1.54) is 135 Å². The maximum absolute atomic E-state index is 2.60. The maximum Gasteiger partial charge on any atom is 0.0542 e. The fraction of sp³-hybridized carbons (Fsp3) is 0.296. The van der Waals surface area contributed by atoms with Crippen molar-refractivity contribution in [2.75, 3.05) is 4.90 Å². The molecule has 0 saturated heterocycles. The molecule has 4 aliphatic carbocycles. The van der Waals surface area contributed by atoms with Gasteiger partial charge >= 0.3 is 0 Å². The van der Waals surface area contributed by atoms with Gasteiger partial charge in [-0.15, -0.1) is 0 Å². The van der Waals surface area contributed by atoms with Crippen molar-refractivity contribution in [3.63, 3.8) is 0 Å². The zero-order chi connectivity index (χ0) is 36.7. The fourth-order valence-electron chi connectivity index (χ4n) is 11.9. The molecule has 0 N–H and O–H groups in total. The van der Waals surface area contributed by atoms with Gasteiger partial charge in [0.25, 0.3) is 0 Å². The predicted molar refractivity (Wildman–Crippen MR) is 233 cm³/mol. The molecule has 0 spiro atoms. The maximum atomic E-state index is 2.60. The molecule has 7 aromatic carbocycles. The number of hydrogen-bond acceptors (Lipinski definition) is 1. The van der Waals surface area contributed by atoms with E-state index in [-0.39, 0.29) is 5.41 Å². The second-order valence-electron chi connectivity index (χ2n) is 17.9. The van der Waals surface area contributed by atoms with Crippen LogP contribution in [0.3, 0.4) is 0 Å². The fourth-order valence-corrected chi connectivity index (χ4v) is 11.9. The molecule has 0 aliphatic heterocycles. The summed E-state index contributed by atoms with van der Waals surface area (Å²) in [6.45, 7) is 4.90. The Morgan fingerprint density at radius 2 is 1.24 bits per heavy atom. The van der Waals surface area contributed by atoms with Crippen molar-refractivity contribution in [3.8, 4) is 22.3 Å². The van der Waals surface area contributed by atoms with E-state index >= 15 is 0 Å². The minimum atomic E-state index is -0.183. The van der Waals surface area contributed by atoms with E-state index in [9.17, 15) is 0 Å². The van der Waals surface area contributed by atoms with Gasteiger partial charge in [0.1, 0.15) is 0 Å². The van der Waals surface area contributed by atoms with E-state index in [2.05, 4.69) is 158 Å². The van der Waals surface area contributed by atoms with Crippen LogP contribution in [0.25, 0.3) is 43.8 Å². The summed E-state index contributed by atoms with van der Waals surface area (Å²) in [6, 6.07) is 53.8. The Bertz CT molecular complexity index is 2570. The highest BCUT2D eigenvalue weighted by Crippen LogP contribution is 2.56. The first-order chi connectivity index (χ1) is 27.0. The molecule has 0 amide bonds. The zero-order valence-corrected chi connectivity index (χ0v) is 32.4. The summed E-state index contributed by atoms with van der Waals surface area (Å²) in [7, 11) is 0. The number of benzene rings is 7. The highest BCUT2D eigenvalue weighted by Gasteiger charge is 2.41. The Morgan fingerprint density at radius 3 is 2.04 bits per heavy atom. The first kappa shape index (κ1) is 33.2. The van der Waals surface area contributed by atoms with Crippen LogP contribution < -0.4 is 4.90 Å². The highest BCUT2D eigenvalue weighted by molar-refractivity contribution is 6.03. The van der Waals surface area contributed by atoms with Crippen LogP contribution in [0.15, 0.2) is 140 Å². The van der Waals surface area contributed by atoms with Gasteiger partial charge in [-0.05, 0) is 147 Å². The third-order valence-electron chi connectivity index (χ3n) is 14.5. The van der Waals surface area contributed by atoms with Crippen molar-refractivity contribution in [1.82, 2.24) is 0 Å². The average Bonchev–Trinajstić information content (AvgIpc) is 3.94. The van der Waals surface area contributed by atoms with Crippen LogP contribution in [0, 0.1) is 11.8 Å². The monoisotopic (exact) mass is 713 g/mol. The van der Waals surface area contributed by atoms with Gasteiger partial charge in [-0.2, -0.15) is 0 Å². The van der Waals surface area contributed by atoms with E-state index in [1.54, 1.807) is 5.56 Å². The molecule has 3 saturated carbocycles. The Morgan fingerprint density at radius 1 is 0.545 bits per heavy atom. The van der Waals surface area contributed by atoms with Crippen molar-refractivity contribution in [2.24, 2.45) is 11.8 Å². The normalized spacial score (nSPS) is 21.2. The molecule has 4 aliphatic rings. The molecule has 7 aromatic rings. The van der Waals surface area contributed by atoms with E-state index < -0.39 is 0 Å². The van der Waals surface area contributed by atoms with Crippen LogP contribution in [0.5, 0.6) is 0 Å². The highest BCUT2D eigenvalue weighted by atomic mass is 15.1. The van der Waals surface area contributed by atoms with Crippen molar-refractivity contribution in [3.05, 3.63) is 162 Å². The summed E-state index contributed by atoms with van der Waals surface area (Å²) in [6.07, 6.45) is 12.3.